The van der Waals surface area contributed by atoms with Gasteiger partial charge in [0.15, 0.2) is 0 Å². The van der Waals surface area contributed by atoms with Crippen LogP contribution in [0.25, 0.3) is 0 Å². The van der Waals surface area contributed by atoms with Crippen molar-refractivity contribution in [2.45, 2.75) is 45.0 Å². The molecule has 0 aliphatic carbocycles. The molecule has 3 heteroatoms. The van der Waals surface area contributed by atoms with Crippen LogP contribution in [0.3, 0.4) is 0 Å². The molecule has 0 radical (unpaired) electrons. The number of nitrogens with zero attached hydrogens (tertiary/aromatic N) is 1. The average molecular weight is 262 g/mol. The lowest BCUT2D eigenvalue weighted by atomic mass is 9.98. The fourth-order valence-corrected chi connectivity index (χ4v) is 2.76. The third-order valence-corrected chi connectivity index (χ3v) is 4.21. The van der Waals surface area contributed by atoms with Gasteiger partial charge in [0.25, 0.3) is 0 Å². The number of hydrogen-bond donors (Lipinski definition) is 1. The van der Waals surface area contributed by atoms with E-state index in [9.17, 15) is 0 Å². The number of hydrogen-bond acceptors (Lipinski definition) is 3. The Morgan fingerprint density at radius 1 is 1.32 bits per heavy atom. The van der Waals surface area contributed by atoms with Gasteiger partial charge < -0.3 is 15.0 Å². The van der Waals surface area contributed by atoms with Gasteiger partial charge in [-0.3, -0.25) is 0 Å². The molecule has 3 nitrogen and oxygen atoms in total. The van der Waals surface area contributed by atoms with Crippen molar-refractivity contribution in [1.82, 2.24) is 10.2 Å². The van der Waals surface area contributed by atoms with Gasteiger partial charge in [0.1, 0.15) is 0 Å². The third kappa shape index (κ3) is 4.03. The molecule has 2 rings (SSSR count). The first-order valence-corrected chi connectivity index (χ1v) is 7.20. The minimum atomic E-state index is 0.641. The SMILES string of the molecule is COCc1ccccc1CNC1CCN(C)C(C)C1. The van der Waals surface area contributed by atoms with Crippen molar-refractivity contribution in [3.63, 3.8) is 0 Å². The van der Waals surface area contributed by atoms with Gasteiger partial charge in [0.05, 0.1) is 6.61 Å². The lowest BCUT2D eigenvalue weighted by Gasteiger charge is -2.35. The van der Waals surface area contributed by atoms with Crippen LogP contribution in [0, 0.1) is 0 Å². The molecule has 1 fully saturated rings. The van der Waals surface area contributed by atoms with Crippen LogP contribution in [-0.4, -0.2) is 37.7 Å². The predicted octanol–water partition coefficient (Wildman–Crippen LogP) is 2.41. The van der Waals surface area contributed by atoms with Gasteiger partial charge in [0.2, 0.25) is 0 Å². The number of rotatable bonds is 5. The molecule has 1 N–H and O–H groups in total. The highest BCUT2D eigenvalue weighted by molar-refractivity contribution is 5.26. The minimum Gasteiger partial charge on any atom is -0.380 e. The second-order valence-electron chi connectivity index (χ2n) is 5.63. The van der Waals surface area contributed by atoms with Gasteiger partial charge in [-0.2, -0.15) is 0 Å². The highest BCUT2D eigenvalue weighted by atomic mass is 16.5. The Morgan fingerprint density at radius 2 is 2.05 bits per heavy atom. The number of piperidine rings is 1. The van der Waals surface area contributed by atoms with Gasteiger partial charge in [-0.25, -0.2) is 0 Å². The van der Waals surface area contributed by atoms with E-state index < -0.39 is 0 Å². The summed E-state index contributed by atoms with van der Waals surface area (Å²) in [5, 5.41) is 3.71. The first-order chi connectivity index (χ1) is 9.20. The molecule has 0 aromatic heterocycles. The average Bonchev–Trinajstić information content (AvgIpc) is 2.42. The van der Waals surface area contributed by atoms with Crippen molar-refractivity contribution in [2.24, 2.45) is 0 Å². The number of nitrogens with one attached hydrogen (secondary N) is 1. The Kier molecular flexibility index (Phi) is 5.37. The molecule has 1 aliphatic heterocycles. The van der Waals surface area contributed by atoms with Gasteiger partial charge in [-0.15, -0.1) is 0 Å². The third-order valence-electron chi connectivity index (χ3n) is 4.21. The lowest BCUT2D eigenvalue weighted by Crippen LogP contribution is -2.45. The second-order valence-corrected chi connectivity index (χ2v) is 5.63. The van der Waals surface area contributed by atoms with Gasteiger partial charge in [-0.05, 0) is 44.5 Å². The summed E-state index contributed by atoms with van der Waals surface area (Å²) < 4.78 is 5.26. The van der Waals surface area contributed by atoms with Crippen molar-refractivity contribution in [1.29, 1.82) is 0 Å². The van der Waals surface area contributed by atoms with E-state index in [1.165, 1.54) is 30.5 Å². The van der Waals surface area contributed by atoms with E-state index in [0.29, 0.717) is 18.7 Å². The van der Waals surface area contributed by atoms with Crippen LogP contribution in [0.15, 0.2) is 24.3 Å². The summed E-state index contributed by atoms with van der Waals surface area (Å²) in [6.45, 7) is 5.15. The summed E-state index contributed by atoms with van der Waals surface area (Å²) in [7, 11) is 3.97. The van der Waals surface area contributed by atoms with Crippen molar-refractivity contribution in [2.75, 3.05) is 20.7 Å². The Hall–Kier alpha value is -0.900. The molecule has 1 aromatic rings. The second kappa shape index (κ2) is 7.04. The van der Waals surface area contributed by atoms with Crippen LogP contribution >= 0.6 is 0 Å². The molecule has 1 heterocycles. The maximum Gasteiger partial charge on any atom is 0.0716 e. The van der Waals surface area contributed by atoms with Crippen molar-refractivity contribution in [3.8, 4) is 0 Å². The van der Waals surface area contributed by atoms with Crippen molar-refractivity contribution in [3.05, 3.63) is 35.4 Å². The van der Waals surface area contributed by atoms with Crippen LogP contribution in [0.1, 0.15) is 30.9 Å². The van der Waals surface area contributed by atoms with E-state index in [1.807, 2.05) is 0 Å². The number of ether oxygens (including phenoxy) is 1. The topological polar surface area (TPSA) is 24.5 Å². The Morgan fingerprint density at radius 3 is 2.74 bits per heavy atom. The molecule has 0 bridgehead atoms. The summed E-state index contributed by atoms with van der Waals surface area (Å²) in [5.41, 5.74) is 2.65. The minimum absolute atomic E-state index is 0.641. The molecular weight excluding hydrogens is 236 g/mol. The first-order valence-electron chi connectivity index (χ1n) is 7.20. The normalized spacial score (nSPS) is 24.6. The first kappa shape index (κ1) is 14.5. The Labute approximate surface area is 116 Å². The number of likely N-dealkylation sites (tertiary alicyclic amines) is 1. The van der Waals surface area contributed by atoms with Gasteiger partial charge in [0, 0.05) is 25.7 Å². The maximum atomic E-state index is 5.26. The quantitative estimate of drug-likeness (QED) is 0.882. The molecule has 0 saturated carbocycles. The Balaban J connectivity index is 1.88. The summed E-state index contributed by atoms with van der Waals surface area (Å²) in [6.07, 6.45) is 2.48. The molecule has 1 aromatic carbocycles. The Bertz CT molecular complexity index is 394. The molecular formula is C16H26N2O. The molecule has 1 saturated heterocycles. The summed E-state index contributed by atoms with van der Waals surface area (Å²) in [4.78, 5) is 2.44. The fraction of sp³-hybridized carbons (Fsp3) is 0.625. The molecule has 106 valence electrons. The lowest BCUT2D eigenvalue weighted by molar-refractivity contribution is 0.167. The summed E-state index contributed by atoms with van der Waals surface area (Å²) >= 11 is 0. The highest BCUT2D eigenvalue weighted by Gasteiger charge is 2.22. The van der Waals surface area contributed by atoms with E-state index in [2.05, 4.69) is 48.5 Å². The molecule has 1 aliphatic rings. The van der Waals surface area contributed by atoms with E-state index in [-0.39, 0.29) is 0 Å². The molecule has 0 spiro atoms. The van der Waals surface area contributed by atoms with E-state index in [0.717, 1.165) is 6.54 Å². The number of methoxy groups -OCH3 is 1. The van der Waals surface area contributed by atoms with Gasteiger partial charge in [-0.1, -0.05) is 24.3 Å². The van der Waals surface area contributed by atoms with Crippen LogP contribution in [-0.2, 0) is 17.9 Å². The fourth-order valence-electron chi connectivity index (χ4n) is 2.76. The smallest absolute Gasteiger partial charge is 0.0716 e. The monoisotopic (exact) mass is 262 g/mol. The molecule has 19 heavy (non-hydrogen) atoms. The zero-order valence-electron chi connectivity index (χ0n) is 12.4. The van der Waals surface area contributed by atoms with Crippen molar-refractivity contribution < 1.29 is 4.74 Å². The number of benzene rings is 1. The zero-order chi connectivity index (χ0) is 13.7. The standard InChI is InChI=1S/C16H26N2O/c1-13-10-16(8-9-18(13)2)17-11-14-6-4-5-7-15(14)12-19-3/h4-7,13,16-17H,8-12H2,1-3H3. The molecule has 0 amide bonds. The van der Waals surface area contributed by atoms with E-state index in [1.54, 1.807) is 7.11 Å². The van der Waals surface area contributed by atoms with Gasteiger partial charge >= 0.3 is 0 Å². The van der Waals surface area contributed by atoms with Crippen LogP contribution in [0.4, 0.5) is 0 Å². The van der Waals surface area contributed by atoms with Crippen LogP contribution in [0.5, 0.6) is 0 Å². The maximum absolute atomic E-state index is 5.26. The zero-order valence-corrected chi connectivity index (χ0v) is 12.4. The van der Waals surface area contributed by atoms with E-state index in [4.69, 9.17) is 4.74 Å². The predicted molar refractivity (Wildman–Crippen MR) is 79.1 cm³/mol. The summed E-state index contributed by atoms with van der Waals surface area (Å²) in [5.74, 6) is 0. The summed E-state index contributed by atoms with van der Waals surface area (Å²) in [6, 6.07) is 9.85. The van der Waals surface area contributed by atoms with E-state index >= 15 is 0 Å². The molecule has 2 atom stereocenters. The van der Waals surface area contributed by atoms with Crippen LogP contribution < -0.4 is 5.32 Å². The largest absolute Gasteiger partial charge is 0.380 e. The van der Waals surface area contributed by atoms with Crippen molar-refractivity contribution >= 4 is 0 Å². The highest BCUT2D eigenvalue weighted by Crippen LogP contribution is 2.16. The van der Waals surface area contributed by atoms with Crippen LogP contribution in [0.2, 0.25) is 0 Å². The molecule has 2 unspecified atom stereocenters.